The zero-order valence-corrected chi connectivity index (χ0v) is 10.2. The molecule has 86 valence electrons. The van der Waals surface area contributed by atoms with Crippen molar-refractivity contribution >= 4 is 23.1 Å². The maximum atomic E-state index is 11.9. The van der Waals surface area contributed by atoms with E-state index in [1.54, 1.807) is 13.2 Å². The van der Waals surface area contributed by atoms with Crippen LogP contribution in [0.2, 0.25) is 0 Å². The Balaban J connectivity index is 2.25. The summed E-state index contributed by atoms with van der Waals surface area (Å²) in [7, 11) is 1.70. The first kappa shape index (κ1) is 11.4. The van der Waals surface area contributed by atoms with Crippen molar-refractivity contribution in [3.8, 4) is 6.07 Å². The lowest BCUT2D eigenvalue weighted by Gasteiger charge is -2.00. The van der Waals surface area contributed by atoms with Gasteiger partial charge < -0.3 is 5.32 Å². The fraction of sp³-hybridized carbons (Fsp3) is 0.182. The van der Waals surface area contributed by atoms with Crippen molar-refractivity contribution < 1.29 is 4.79 Å². The Morgan fingerprint density at radius 2 is 2.41 bits per heavy atom. The zero-order valence-electron chi connectivity index (χ0n) is 9.39. The highest BCUT2D eigenvalue weighted by atomic mass is 32.1. The molecular formula is C11H10N4OS. The smallest absolute Gasteiger partial charge is 0.267 e. The summed E-state index contributed by atoms with van der Waals surface area (Å²) in [6, 6.07) is 3.87. The summed E-state index contributed by atoms with van der Waals surface area (Å²) < 4.78 is 1.50. The van der Waals surface area contributed by atoms with Crippen LogP contribution in [0.25, 0.3) is 0 Å². The summed E-state index contributed by atoms with van der Waals surface area (Å²) in [6.07, 6.45) is 1.57. The highest BCUT2D eigenvalue weighted by molar-refractivity contribution is 7.12. The molecule has 1 N–H and O–H groups in total. The number of anilines is 1. The summed E-state index contributed by atoms with van der Waals surface area (Å²) in [5, 5.41) is 17.4. The number of thiophene rings is 1. The molecule has 1 amide bonds. The van der Waals surface area contributed by atoms with Crippen LogP contribution in [0.4, 0.5) is 5.82 Å². The highest BCUT2D eigenvalue weighted by Gasteiger charge is 2.14. The highest BCUT2D eigenvalue weighted by Crippen LogP contribution is 2.18. The van der Waals surface area contributed by atoms with E-state index in [4.69, 9.17) is 5.26 Å². The van der Waals surface area contributed by atoms with E-state index < -0.39 is 0 Å². The molecule has 0 aliphatic heterocycles. The van der Waals surface area contributed by atoms with E-state index in [0.717, 1.165) is 5.56 Å². The van der Waals surface area contributed by atoms with E-state index in [1.165, 1.54) is 16.0 Å². The fourth-order valence-corrected chi connectivity index (χ4v) is 2.25. The van der Waals surface area contributed by atoms with Crippen LogP contribution in [0.1, 0.15) is 20.8 Å². The number of nitrogens with one attached hydrogen (secondary N) is 1. The van der Waals surface area contributed by atoms with Crippen LogP contribution >= 0.6 is 11.3 Å². The van der Waals surface area contributed by atoms with Gasteiger partial charge in [-0.05, 0) is 23.9 Å². The van der Waals surface area contributed by atoms with Crippen molar-refractivity contribution in [3.05, 3.63) is 33.6 Å². The Kier molecular flexibility index (Phi) is 2.93. The number of nitrogens with zero attached hydrogens (tertiary/aromatic N) is 3. The van der Waals surface area contributed by atoms with Gasteiger partial charge in [0.15, 0.2) is 5.82 Å². The molecule has 0 unspecified atom stereocenters. The molecule has 0 aliphatic rings. The standard InChI is InChI=1S/C11H10N4OS/c1-7-3-4-17-9(7)11(16)13-10-8(5-12)6-15(2)14-10/h3-4,6H,1-2H3,(H,13,14,16). The summed E-state index contributed by atoms with van der Waals surface area (Å²) in [6.45, 7) is 1.87. The lowest BCUT2D eigenvalue weighted by Crippen LogP contribution is -2.12. The quantitative estimate of drug-likeness (QED) is 0.879. The van der Waals surface area contributed by atoms with Crippen LogP contribution in [0.15, 0.2) is 17.6 Å². The predicted octanol–water partition coefficient (Wildman–Crippen LogP) is 1.91. The Morgan fingerprint density at radius 3 is 3.00 bits per heavy atom. The number of aromatic nitrogens is 2. The third kappa shape index (κ3) is 2.19. The van der Waals surface area contributed by atoms with Crippen molar-refractivity contribution in [2.75, 3.05) is 5.32 Å². The molecule has 2 rings (SSSR count). The van der Waals surface area contributed by atoms with Crippen LogP contribution in [0.3, 0.4) is 0 Å². The van der Waals surface area contributed by atoms with Crippen molar-refractivity contribution in [1.29, 1.82) is 5.26 Å². The molecule has 0 saturated heterocycles. The van der Waals surface area contributed by atoms with Gasteiger partial charge in [-0.2, -0.15) is 10.4 Å². The van der Waals surface area contributed by atoms with E-state index in [1.807, 2.05) is 24.4 Å². The van der Waals surface area contributed by atoms with E-state index in [9.17, 15) is 4.79 Å². The lowest BCUT2D eigenvalue weighted by atomic mass is 10.3. The average molecular weight is 246 g/mol. The summed E-state index contributed by atoms with van der Waals surface area (Å²) in [5.41, 5.74) is 1.27. The molecule has 0 spiro atoms. The third-order valence-electron chi connectivity index (χ3n) is 2.25. The summed E-state index contributed by atoms with van der Waals surface area (Å²) >= 11 is 1.37. The minimum Gasteiger partial charge on any atom is -0.303 e. The second kappa shape index (κ2) is 4.39. The maximum Gasteiger partial charge on any atom is 0.267 e. The third-order valence-corrected chi connectivity index (χ3v) is 3.26. The van der Waals surface area contributed by atoms with Crippen molar-refractivity contribution in [2.24, 2.45) is 7.05 Å². The maximum absolute atomic E-state index is 11.9. The average Bonchev–Trinajstić information content (AvgIpc) is 2.84. The summed E-state index contributed by atoms with van der Waals surface area (Å²) in [4.78, 5) is 12.6. The van der Waals surface area contributed by atoms with E-state index in [0.29, 0.717) is 16.3 Å². The van der Waals surface area contributed by atoms with Gasteiger partial charge in [0.05, 0.1) is 4.88 Å². The van der Waals surface area contributed by atoms with E-state index in [-0.39, 0.29) is 5.91 Å². The number of rotatable bonds is 2. The van der Waals surface area contributed by atoms with Crippen molar-refractivity contribution in [1.82, 2.24) is 9.78 Å². The van der Waals surface area contributed by atoms with Gasteiger partial charge in [-0.25, -0.2) is 0 Å². The number of hydrogen-bond acceptors (Lipinski definition) is 4. The molecule has 0 radical (unpaired) electrons. The van der Waals surface area contributed by atoms with Crippen LogP contribution in [-0.2, 0) is 7.05 Å². The Hall–Kier alpha value is -2.13. The molecule has 2 heterocycles. The lowest BCUT2D eigenvalue weighted by molar-refractivity contribution is 0.102. The van der Waals surface area contributed by atoms with Gasteiger partial charge in [0, 0.05) is 13.2 Å². The molecule has 6 heteroatoms. The van der Waals surface area contributed by atoms with Gasteiger partial charge in [-0.1, -0.05) is 0 Å². The monoisotopic (exact) mass is 246 g/mol. The largest absolute Gasteiger partial charge is 0.303 e. The first-order chi connectivity index (χ1) is 8.11. The van der Waals surface area contributed by atoms with Gasteiger partial charge in [0.2, 0.25) is 0 Å². The number of hydrogen-bond donors (Lipinski definition) is 1. The van der Waals surface area contributed by atoms with Crippen LogP contribution in [0, 0.1) is 18.3 Å². The van der Waals surface area contributed by atoms with Gasteiger partial charge >= 0.3 is 0 Å². The number of carbonyl (C=O) groups is 1. The first-order valence-electron chi connectivity index (χ1n) is 4.91. The molecule has 0 aromatic carbocycles. The Morgan fingerprint density at radius 1 is 1.65 bits per heavy atom. The van der Waals surface area contributed by atoms with Gasteiger partial charge in [0.1, 0.15) is 11.6 Å². The molecule has 0 bridgehead atoms. The van der Waals surface area contributed by atoms with Crippen molar-refractivity contribution in [2.45, 2.75) is 6.92 Å². The molecule has 0 fully saturated rings. The normalized spacial score (nSPS) is 9.94. The van der Waals surface area contributed by atoms with Gasteiger partial charge in [-0.3, -0.25) is 9.48 Å². The minimum absolute atomic E-state index is 0.229. The number of aryl methyl sites for hydroxylation is 2. The van der Waals surface area contributed by atoms with E-state index in [2.05, 4.69) is 10.4 Å². The SMILES string of the molecule is Cc1ccsc1C(=O)Nc1nn(C)cc1C#N. The minimum atomic E-state index is -0.229. The Bertz CT molecular complexity index is 605. The van der Waals surface area contributed by atoms with Gasteiger partial charge in [0.25, 0.3) is 5.91 Å². The Labute approximate surface area is 102 Å². The molecule has 0 saturated carbocycles. The molecule has 17 heavy (non-hydrogen) atoms. The number of carbonyl (C=O) groups excluding carboxylic acids is 1. The van der Waals surface area contributed by atoms with Crippen LogP contribution in [-0.4, -0.2) is 15.7 Å². The first-order valence-corrected chi connectivity index (χ1v) is 5.79. The molecule has 0 aliphatic carbocycles. The topological polar surface area (TPSA) is 70.7 Å². The molecule has 2 aromatic rings. The second-order valence-corrected chi connectivity index (χ2v) is 4.48. The van der Waals surface area contributed by atoms with E-state index >= 15 is 0 Å². The second-order valence-electron chi connectivity index (χ2n) is 3.56. The fourth-order valence-electron chi connectivity index (χ4n) is 1.43. The molecule has 2 aromatic heterocycles. The number of nitriles is 1. The molecule has 5 nitrogen and oxygen atoms in total. The predicted molar refractivity (Wildman–Crippen MR) is 64.9 cm³/mol. The van der Waals surface area contributed by atoms with Gasteiger partial charge in [-0.15, -0.1) is 11.3 Å². The van der Waals surface area contributed by atoms with Crippen LogP contribution < -0.4 is 5.32 Å². The van der Waals surface area contributed by atoms with Crippen LogP contribution in [0.5, 0.6) is 0 Å². The summed E-state index contributed by atoms with van der Waals surface area (Å²) in [5.74, 6) is 0.0699. The number of amides is 1. The zero-order chi connectivity index (χ0) is 12.4. The molecular weight excluding hydrogens is 236 g/mol. The van der Waals surface area contributed by atoms with Crippen molar-refractivity contribution in [3.63, 3.8) is 0 Å². The molecule has 0 atom stereocenters.